The van der Waals surface area contributed by atoms with E-state index in [9.17, 15) is 8.42 Å². The zero-order valence-corrected chi connectivity index (χ0v) is 14.8. The Morgan fingerprint density at radius 3 is 2.28 bits per heavy atom. The Bertz CT molecular complexity index is 428. The third-order valence-corrected chi connectivity index (χ3v) is 4.53. The molecule has 1 fully saturated rings. The first-order valence-corrected chi connectivity index (χ1v) is 7.93. The van der Waals surface area contributed by atoms with Gasteiger partial charge < -0.3 is 9.56 Å². The van der Waals surface area contributed by atoms with Crippen molar-refractivity contribution in [2.45, 2.75) is 11.8 Å². The molecule has 8 heteroatoms. The first-order valence-electron chi connectivity index (χ1n) is 4.99. The molecule has 18 heavy (non-hydrogen) atoms. The second-order valence-corrected chi connectivity index (χ2v) is 6.49. The number of nitrogens with zero attached hydrogens (tertiary/aromatic N) is 1. The zero-order chi connectivity index (χ0) is 12.7. The Balaban J connectivity index is 0.000000405. The van der Waals surface area contributed by atoms with E-state index in [1.807, 2.05) is 18.7 Å². The summed E-state index contributed by atoms with van der Waals surface area (Å²) in [4.78, 5) is 0.114. The topological polar surface area (TPSA) is 60.3 Å². The van der Waals surface area contributed by atoms with Crippen molar-refractivity contribution in [2.24, 2.45) is 0 Å². The van der Waals surface area contributed by atoms with Gasteiger partial charge in [0.1, 0.15) is 10.0 Å². The van der Waals surface area contributed by atoms with Gasteiger partial charge in [-0.2, -0.15) is 0 Å². The van der Waals surface area contributed by atoms with Gasteiger partial charge in [0.2, 0.25) is 0 Å². The van der Waals surface area contributed by atoms with Gasteiger partial charge in [0, 0.05) is 23.1 Å². The molecule has 0 spiro atoms. The van der Waals surface area contributed by atoms with Crippen LogP contribution in [0, 0.1) is 6.92 Å². The van der Waals surface area contributed by atoms with Gasteiger partial charge in [-0.25, -0.2) is 8.42 Å². The van der Waals surface area contributed by atoms with Crippen LogP contribution in [0.4, 0.5) is 0 Å². The molecule has 0 atom stereocenters. The van der Waals surface area contributed by atoms with E-state index >= 15 is 0 Å². The van der Waals surface area contributed by atoms with Gasteiger partial charge in [-0.15, -0.1) is 11.8 Å². The van der Waals surface area contributed by atoms with E-state index < -0.39 is 10.0 Å². The van der Waals surface area contributed by atoms with Crippen molar-refractivity contribution in [2.75, 3.05) is 18.2 Å². The summed E-state index contributed by atoms with van der Waals surface area (Å²) in [6.45, 7) is 3.08. The van der Waals surface area contributed by atoms with Crippen molar-refractivity contribution in [3.63, 3.8) is 0 Å². The quantitative estimate of drug-likeness (QED) is 0.747. The van der Waals surface area contributed by atoms with Crippen LogP contribution in [0.5, 0.6) is 0 Å². The molecule has 1 aromatic carbocycles. The number of hydrogen-bond donors (Lipinski definition) is 1. The van der Waals surface area contributed by atoms with E-state index in [4.69, 9.17) is 11.8 Å². The van der Waals surface area contributed by atoms with Gasteiger partial charge >= 0.3 is 29.6 Å². The fourth-order valence-corrected chi connectivity index (χ4v) is 2.63. The number of thioether (sulfide) groups is 1. The van der Waals surface area contributed by atoms with Crippen LogP contribution < -0.4 is 34.9 Å². The summed E-state index contributed by atoms with van der Waals surface area (Å²) >= 11 is 6.87. The molecule has 1 aromatic rings. The van der Waals surface area contributed by atoms with Crippen molar-refractivity contribution >= 4 is 33.6 Å². The fourth-order valence-electron chi connectivity index (χ4n) is 1.11. The summed E-state index contributed by atoms with van der Waals surface area (Å²) in [5.74, 6) is 2.47. The number of aryl methyl sites for hydroxylation is 1. The molecule has 0 saturated carbocycles. The molecule has 1 saturated heterocycles. The van der Waals surface area contributed by atoms with Crippen molar-refractivity contribution in [1.82, 2.24) is 5.32 Å². The molecule has 2 rings (SSSR count). The third-order valence-electron chi connectivity index (χ3n) is 2.04. The Kier molecular flexibility index (Phi) is 9.99. The normalized spacial score (nSPS) is 14.3. The Hall–Kier alpha value is 0.730. The zero-order valence-electron chi connectivity index (χ0n) is 10.4. The maximum Gasteiger partial charge on any atom is 1.00 e. The standard InChI is InChI=1S/C7H7ClNO2S.C3H7NS.Na/c1-6-2-4-7(5-3-6)12(10,11)9-8;1-2-5-3-4-1;/h2-5H,1H3;4H,1-3H2;/q-1;;+1. The predicted octanol–water partition coefficient (Wildman–Crippen LogP) is -0.504. The molecule has 96 valence electrons. The molecule has 0 radical (unpaired) electrons. The SMILES string of the molecule is C1CSCN1.Cc1ccc(S(=O)(=O)[N-]Cl)cc1.[Na+]. The minimum atomic E-state index is -3.62. The van der Waals surface area contributed by atoms with E-state index in [1.165, 1.54) is 30.3 Å². The molecule has 0 aromatic heterocycles. The largest absolute Gasteiger partial charge is 1.00 e. The number of sulfonamides is 1. The van der Waals surface area contributed by atoms with Crippen LogP contribution in [-0.4, -0.2) is 26.6 Å². The second-order valence-electron chi connectivity index (χ2n) is 3.41. The molecule has 1 N–H and O–H groups in total. The number of halogens is 1. The van der Waals surface area contributed by atoms with Crippen molar-refractivity contribution in [1.29, 1.82) is 0 Å². The molecule has 0 bridgehead atoms. The Morgan fingerprint density at radius 2 is 1.94 bits per heavy atom. The number of rotatable bonds is 2. The molecule has 0 amide bonds. The van der Waals surface area contributed by atoms with Crippen LogP contribution in [0.2, 0.25) is 0 Å². The maximum atomic E-state index is 11.0. The van der Waals surface area contributed by atoms with Crippen molar-refractivity contribution in [3.8, 4) is 0 Å². The number of benzene rings is 1. The Labute approximate surface area is 140 Å². The Morgan fingerprint density at radius 1 is 1.33 bits per heavy atom. The third kappa shape index (κ3) is 6.77. The summed E-state index contributed by atoms with van der Waals surface area (Å²) in [6, 6.07) is 6.32. The minimum Gasteiger partial charge on any atom is -0.458 e. The summed E-state index contributed by atoms with van der Waals surface area (Å²) in [5, 5.41) is 3.19. The fraction of sp³-hybridized carbons (Fsp3) is 0.400. The van der Waals surface area contributed by atoms with Gasteiger partial charge in [-0.3, -0.25) is 11.8 Å². The first-order chi connectivity index (χ1) is 8.06. The summed E-state index contributed by atoms with van der Waals surface area (Å²) in [5.41, 5.74) is 0.989. The van der Waals surface area contributed by atoms with Gasteiger partial charge in [0.05, 0.1) is 0 Å². The first kappa shape index (κ1) is 18.7. The summed E-state index contributed by atoms with van der Waals surface area (Å²) < 4.78 is 24.8. The summed E-state index contributed by atoms with van der Waals surface area (Å²) in [7, 11) is -3.62. The molecular formula is C10H14ClN2NaO2S2. The monoisotopic (exact) mass is 316 g/mol. The van der Waals surface area contributed by atoms with Gasteiger partial charge in [-0.05, 0) is 19.1 Å². The molecule has 4 nitrogen and oxygen atoms in total. The second kappa shape index (κ2) is 9.61. The molecule has 0 unspecified atom stereocenters. The van der Waals surface area contributed by atoms with Crippen LogP contribution in [0.1, 0.15) is 5.56 Å². The van der Waals surface area contributed by atoms with E-state index in [0.717, 1.165) is 5.56 Å². The number of hydrogen-bond acceptors (Lipinski definition) is 4. The maximum absolute atomic E-state index is 11.0. The smallest absolute Gasteiger partial charge is 0.458 e. The van der Waals surface area contributed by atoms with Crippen LogP contribution >= 0.6 is 23.5 Å². The number of nitrogens with one attached hydrogen (secondary N) is 1. The predicted molar refractivity (Wildman–Crippen MR) is 72.9 cm³/mol. The average Bonchev–Trinajstić information content (AvgIpc) is 2.88. The molecule has 1 aliphatic rings. The van der Waals surface area contributed by atoms with Gasteiger partial charge in [0.25, 0.3) is 0 Å². The van der Waals surface area contributed by atoms with Crippen molar-refractivity contribution in [3.05, 3.63) is 34.1 Å². The van der Waals surface area contributed by atoms with Crippen LogP contribution in [0.25, 0.3) is 4.24 Å². The van der Waals surface area contributed by atoms with Crippen molar-refractivity contribution < 1.29 is 38.0 Å². The summed E-state index contributed by atoms with van der Waals surface area (Å²) in [6.07, 6.45) is 0. The molecule has 1 aliphatic heterocycles. The van der Waals surface area contributed by atoms with E-state index in [0.29, 0.717) is 0 Å². The minimum absolute atomic E-state index is 0. The molecular weight excluding hydrogens is 303 g/mol. The van der Waals surface area contributed by atoms with Crippen LogP contribution in [-0.2, 0) is 10.0 Å². The molecule has 1 heterocycles. The average molecular weight is 317 g/mol. The van der Waals surface area contributed by atoms with Gasteiger partial charge in [-0.1, -0.05) is 17.7 Å². The van der Waals surface area contributed by atoms with E-state index in [2.05, 4.69) is 9.56 Å². The van der Waals surface area contributed by atoms with E-state index in [1.54, 1.807) is 12.1 Å². The van der Waals surface area contributed by atoms with Crippen LogP contribution in [0.3, 0.4) is 0 Å². The van der Waals surface area contributed by atoms with E-state index in [-0.39, 0.29) is 34.5 Å². The van der Waals surface area contributed by atoms with Gasteiger partial charge in [0.15, 0.2) is 0 Å². The molecule has 0 aliphatic carbocycles. The van der Waals surface area contributed by atoms with Crippen LogP contribution in [0.15, 0.2) is 29.2 Å².